The molecule has 2 N–H and O–H groups in total. The zero-order chi connectivity index (χ0) is 19.8. The average molecular weight is 376 g/mol. The van der Waals surface area contributed by atoms with E-state index < -0.39 is 0 Å². The SMILES string of the molecule is CC(=O)Nc1cccc(OCC(=O)Nc2ccccc2Oc2ccccc2)c1. The van der Waals surface area contributed by atoms with Crippen LogP contribution in [0.1, 0.15) is 6.92 Å². The van der Waals surface area contributed by atoms with Gasteiger partial charge >= 0.3 is 0 Å². The fraction of sp³-hybridized carbons (Fsp3) is 0.0909. The van der Waals surface area contributed by atoms with Crippen LogP contribution in [0.25, 0.3) is 0 Å². The molecule has 0 radical (unpaired) electrons. The van der Waals surface area contributed by atoms with Crippen molar-refractivity contribution >= 4 is 23.2 Å². The van der Waals surface area contributed by atoms with Crippen molar-refractivity contribution < 1.29 is 19.1 Å². The van der Waals surface area contributed by atoms with Crippen LogP contribution in [-0.4, -0.2) is 18.4 Å². The van der Waals surface area contributed by atoms with Gasteiger partial charge in [0.05, 0.1) is 5.69 Å². The van der Waals surface area contributed by atoms with Gasteiger partial charge in [0.25, 0.3) is 5.91 Å². The van der Waals surface area contributed by atoms with Crippen molar-refractivity contribution in [1.29, 1.82) is 0 Å². The third-order valence-corrected chi connectivity index (χ3v) is 3.66. The summed E-state index contributed by atoms with van der Waals surface area (Å²) in [6, 6.07) is 23.3. The van der Waals surface area contributed by atoms with Crippen LogP contribution < -0.4 is 20.1 Å². The maximum Gasteiger partial charge on any atom is 0.262 e. The molecule has 0 aliphatic carbocycles. The number of benzene rings is 3. The second-order valence-corrected chi connectivity index (χ2v) is 5.96. The lowest BCUT2D eigenvalue weighted by Crippen LogP contribution is -2.20. The van der Waals surface area contributed by atoms with Crippen molar-refractivity contribution in [1.82, 2.24) is 0 Å². The van der Waals surface area contributed by atoms with Gasteiger partial charge in [-0.15, -0.1) is 0 Å². The van der Waals surface area contributed by atoms with Crippen LogP contribution in [0.2, 0.25) is 0 Å². The lowest BCUT2D eigenvalue weighted by Gasteiger charge is -2.13. The minimum absolute atomic E-state index is 0.176. The van der Waals surface area contributed by atoms with Crippen molar-refractivity contribution in [3.63, 3.8) is 0 Å². The third-order valence-electron chi connectivity index (χ3n) is 3.66. The molecule has 0 saturated heterocycles. The summed E-state index contributed by atoms with van der Waals surface area (Å²) in [6.45, 7) is 1.25. The van der Waals surface area contributed by atoms with Crippen LogP contribution in [0, 0.1) is 0 Å². The van der Waals surface area contributed by atoms with Crippen molar-refractivity contribution in [2.24, 2.45) is 0 Å². The van der Waals surface area contributed by atoms with Crippen molar-refractivity contribution in [2.75, 3.05) is 17.2 Å². The number of para-hydroxylation sites is 3. The molecule has 6 heteroatoms. The van der Waals surface area contributed by atoms with Crippen LogP contribution in [0.4, 0.5) is 11.4 Å². The molecule has 0 aliphatic heterocycles. The Morgan fingerprint density at radius 2 is 1.54 bits per heavy atom. The fourth-order valence-corrected chi connectivity index (χ4v) is 2.48. The maximum absolute atomic E-state index is 12.3. The third kappa shape index (κ3) is 5.60. The Labute approximate surface area is 163 Å². The van der Waals surface area contributed by atoms with Gasteiger partial charge in [-0.25, -0.2) is 0 Å². The zero-order valence-electron chi connectivity index (χ0n) is 15.3. The van der Waals surface area contributed by atoms with Crippen molar-refractivity contribution in [2.45, 2.75) is 6.92 Å². The van der Waals surface area contributed by atoms with Gasteiger partial charge in [-0.1, -0.05) is 36.4 Å². The molecule has 0 atom stereocenters. The molecule has 3 aromatic carbocycles. The Morgan fingerprint density at radius 3 is 2.32 bits per heavy atom. The predicted molar refractivity (Wildman–Crippen MR) is 108 cm³/mol. The minimum atomic E-state index is -0.325. The van der Waals surface area contributed by atoms with E-state index in [1.54, 1.807) is 36.4 Å². The molecule has 142 valence electrons. The molecule has 0 spiro atoms. The van der Waals surface area contributed by atoms with Gasteiger partial charge in [0, 0.05) is 18.7 Å². The number of ether oxygens (including phenoxy) is 2. The molecule has 3 rings (SSSR count). The monoisotopic (exact) mass is 376 g/mol. The molecule has 0 aromatic heterocycles. The van der Waals surface area contributed by atoms with E-state index in [1.807, 2.05) is 42.5 Å². The fourth-order valence-electron chi connectivity index (χ4n) is 2.48. The molecule has 2 amide bonds. The van der Waals surface area contributed by atoms with E-state index in [4.69, 9.17) is 9.47 Å². The van der Waals surface area contributed by atoms with Gasteiger partial charge in [-0.2, -0.15) is 0 Å². The Balaban J connectivity index is 1.60. The van der Waals surface area contributed by atoms with Crippen LogP contribution in [0.5, 0.6) is 17.2 Å². The van der Waals surface area contributed by atoms with Gasteiger partial charge in [-0.05, 0) is 36.4 Å². The number of anilines is 2. The highest BCUT2D eigenvalue weighted by Gasteiger charge is 2.09. The molecule has 0 unspecified atom stereocenters. The Morgan fingerprint density at radius 1 is 0.821 bits per heavy atom. The Bertz CT molecular complexity index is 958. The second kappa shape index (κ2) is 9.23. The lowest BCUT2D eigenvalue weighted by molar-refractivity contribution is -0.118. The summed E-state index contributed by atoms with van der Waals surface area (Å²) in [5, 5.41) is 5.46. The van der Waals surface area contributed by atoms with Crippen LogP contribution >= 0.6 is 0 Å². The van der Waals surface area contributed by atoms with Gasteiger partial charge in [0.2, 0.25) is 5.91 Å². The van der Waals surface area contributed by atoms with E-state index in [0.717, 1.165) is 0 Å². The highest BCUT2D eigenvalue weighted by molar-refractivity contribution is 5.93. The molecule has 0 saturated carbocycles. The number of amides is 2. The summed E-state index contributed by atoms with van der Waals surface area (Å²) in [7, 11) is 0. The topological polar surface area (TPSA) is 76.7 Å². The molecule has 28 heavy (non-hydrogen) atoms. The van der Waals surface area contributed by atoms with E-state index in [1.165, 1.54) is 6.92 Å². The quantitative estimate of drug-likeness (QED) is 0.638. The first-order chi connectivity index (χ1) is 13.6. The summed E-state index contributed by atoms with van der Waals surface area (Å²) < 4.78 is 11.3. The molecule has 0 bridgehead atoms. The molecule has 6 nitrogen and oxygen atoms in total. The molecule has 0 fully saturated rings. The standard InChI is InChI=1S/C22H20N2O4/c1-16(25)23-17-8-7-11-19(14-17)27-15-22(26)24-20-12-5-6-13-21(20)28-18-9-3-2-4-10-18/h2-14H,15H2,1H3,(H,23,25)(H,24,26). The number of rotatable bonds is 7. The van der Waals surface area contributed by atoms with Gasteiger partial charge in [-0.3, -0.25) is 9.59 Å². The first-order valence-corrected chi connectivity index (χ1v) is 8.72. The lowest BCUT2D eigenvalue weighted by atomic mass is 10.3. The minimum Gasteiger partial charge on any atom is -0.484 e. The largest absolute Gasteiger partial charge is 0.484 e. The van der Waals surface area contributed by atoms with E-state index >= 15 is 0 Å². The number of hydrogen-bond donors (Lipinski definition) is 2. The van der Waals surface area contributed by atoms with E-state index in [2.05, 4.69) is 10.6 Å². The Kier molecular flexibility index (Phi) is 6.25. The molecular weight excluding hydrogens is 356 g/mol. The zero-order valence-corrected chi connectivity index (χ0v) is 15.3. The van der Waals surface area contributed by atoms with Crippen molar-refractivity contribution in [3.05, 3.63) is 78.9 Å². The first-order valence-electron chi connectivity index (χ1n) is 8.72. The molecular formula is C22H20N2O4. The van der Waals surface area contributed by atoms with E-state index in [0.29, 0.717) is 28.6 Å². The maximum atomic E-state index is 12.3. The summed E-state index contributed by atoms with van der Waals surface area (Å²) in [6.07, 6.45) is 0. The van der Waals surface area contributed by atoms with Gasteiger partial charge in [0.15, 0.2) is 12.4 Å². The van der Waals surface area contributed by atoms with Gasteiger partial charge in [0.1, 0.15) is 11.5 Å². The summed E-state index contributed by atoms with van der Waals surface area (Å²) in [4.78, 5) is 23.4. The molecule has 0 aliphatic rings. The summed E-state index contributed by atoms with van der Waals surface area (Å²) in [5.41, 5.74) is 1.15. The number of carbonyl (C=O) groups excluding carboxylic acids is 2. The number of carbonyl (C=O) groups is 2. The van der Waals surface area contributed by atoms with E-state index in [-0.39, 0.29) is 18.4 Å². The molecule has 3 aromatic rings. The van der Waals surface area contributed by atoms with E-state index in [9.17, 15) is 9.59 Å². The van der Waals surface area contributed by atoms with Gasteiger partial charge < -0.3 is 20.1 Å². The smallest absolute Gasteiger partial charge is 0.262 e. The van der Waals surface area contributed by atoms with Crippen LogP contribution in [-0.2, 0) is 9.59 Å². The first kappa shape index (κ1) is 19.0. The van der Waals surface area contributed by atoms with Crippen LogP contribution in [0.3, 0.4) is 0 Å². The predicted octanol–water partition coefficient (Wildman–Crippen LogP) is 4.45. The Hall–Kier alpha value is -3.80. The average Bonchev–Trinajstić information content (AvgIpc) is 2.69. The second-order valence-electron chi connectivity index (χ2n) is 5.96. The highest BCUT2D eigenvalue weighted by atomic mass is 16.5. The summed E-state index contributed by atoms with van der Waals surface area (Å²) in [5.74, 6) is 1.19. The van der Waals surface area contributed by atoms with Crippen LogP contribution in [0.15, 0.2) is 78.9 Å². The van der Waals surface area contributed by atoms with Crippen molar-refractivity contribution in [3.8, 4) is 17.2 Å². The summed E-state index contributed by atoms with van der Waals surface area (Å²) >= 11 is 0. The highest BCUT2D eigenvalue weighted by Crippen LogP contribution is 2.29. The number of hydrogen-bond acceptors (Lipinski definition) is 4. The number of nitrogens with one attached hydrogen (secondary N) is 2. The normalized spacial score (nSPS) is 10.0. The molecule has 0 heterocycles.